The zero-order chi connectivity index (χ0) is 21.0. The average Bonchev–Trinajstić information content (AvgIpc) is 3.10. The molecule has 2 aliphatic heterocycles. The first-order valence-electron chi connectivity index (χ1n) is 9.90. The summed E-state index contributed by atoms with van der Waals surface area (Å²) >= 11 is 6.18. The number of nitrogens with one attached hydrogen (secondary N) is 1. The summed E-state index contributed by atoms with van der Waals surface area (Å²) in [4.78, 5) is 31.7. The predicted octanol–water partition coefficient (Wildman–Crippen LogP) is 3.69. The Hall–Kier alpha value is -3.12. The third kappa shape index (κ3) is 2.75. The van der Waals surface area contributed by atoms with Crippen molar-refractivity contribution in [3.8, 4) is 0 Å². The molecule has 3 aromatic rings. The molecule has 2 aromatic carbocycles. The molecule has 30 heavy (non-hydrogen) atoms. The van der Waals surface area contributed by atoms with Crippen molar-refractivity contribution in [3.05, 3.63) is 70.4 Å². The second-order valence-corrected chi connectivity index (χ2v) is 8.64. The second-order valence-electron chi connectivity index (χ2n) is 8.23. The Morgan fingerprint density at radius 2 is 1.87 bits per heavy atom. The van der Waals surface area contributed by atoms with Gasteiger partial charge >= 0.3 is 0 Å². The number of aromatic amines is 1. The van der Waals surface area contributed by atoms with Gasteiger partial charge in [-0.1, -0.05) is 48.0 Å². The highest BCUT2D eigenvalue weighted by Gasteiger charge is 2.51. The molecule has 1 saturated heterocycles. The number of hydrazone groups is 1. The molecule has 152 valence electrons. The summed E-state index contributed by atoms with van der Waals surface area (Å²) < 4.78 is 0. The van der Waals surface area contributed by atoms with Crippen molar-refractivity contribution in [1.82, 2.24) is 14.9 Å². The highest BCUT2D eigenvalue weighted by Crippen LogP contribution is 2.42. The molecule has 1 N–H and O–H groups in total. The number of aromatic nitrogens is 1. The molecule has 6 nitrogen and oxygen atoms in total. The van der Waals surface area contributed by atoms with Gasteiger partial charge in [-0.25, -0.2) is 5.01 Å². The van der Waals surface area contributed by atoms with E-state index in [4.69, 9.17) is 11.6 Å². The highest BCUT2D eigenvalue weighted by atomic mass is 35.5. The first-order chi connectivity index (χ1) is 14.4. The number of carbonyl (C=O) groups is 2. The molecule has 0 aliphatic carbocycles. The van der Waals surface area contributed by atoms with E-state index >= 15 is 0 Å². The minimum atomic E-state index is -0.622. The van der Waals surface area contributed by atoms with E-state index in [0.29, 0.717) is 17.0 Å². The van der Waals surface area contributed by atoms with Crippen LogP contribution < -0.4 is 0 Å². The van der Waals surface area contributed by atoms with Crippen LogP contribution in [-0.4, -0.2) is 45.5 Å². The number of nitrogens with zero attached hydrogens (tertiary/aromatic N) is 3. The van der Waals surface area contributed by atoms with Crippen molar-refractivity contribution in [2.24, 2.45) is 5.10 Å². The number of rotatable bonds is 2. The van der Waals surface area contributed by atoms with Crippen molar-refractivity contribution < 1.29 is 9.59 Å². The number of piperazine rings is 1. The van der Waals surface area contributed by atoms with E-state index in [9.17, 15) is 9.59 Å². The molecule has 1 atom stereocenters. The summed E-state index contributed by atoms with van der Waals surface area (Å²) in [7, 11) is 0. The van der Waals surface area contributed by atoms with Gasteiger partial charge in [0.2, 0.25) is 5.91 Å². The van der Waals surface area contributed by atoms with Gasteiger partial charge in [-0.05, 0) is 31.5 Å². The van der Waals surface area contributed by atoms with Gasteiger partial charge < -0.3 is 9.88 Å². The van der Waals surface area contributed by atoms with Crippen LogP contribution >= 0.6 is 11.6 Å². The predicted molar refractivity (Wildman–Crippen MR) is 116 cm³/mol. The molecule has 0 saturated carbocycles. The average molecular weight is 421 g/mol. The topological polar surface area (TPSA) is 68.8 Å². The number of benzene rings is 2. The standard InChI is InChI=1S/C23H21ClN4O2/c1-23(2)21-16(15-8-4-6-10-18(15)26-21)11-19-22(30)27(13-20(29)28(19)23)25-12-14-7-3-5-9-17(14)24/h3-10,12,19,26H,11,13H2,1-2H3. The summed E-state index contributed by atoms with van der Waals surface area (Å²) in [6.07, 6.45) is 2.00. The molecule has 1 unspecified atom stereocenters. The van der Waals surface area contributed by atoms with Crippen LogP contribution in [0.1, 0.15) is 30.7 Å². The number of halogens is 1. The van der Waals surface area contributed by atoms with Gasteiger partial charge in [0.25, 0.3) is 5.91 Å². The zero-order valence-corrected chi connectivity index (χ0v) is 17.5. The normalized spacial score (nSPS) is 20.7. The van der Waals surface area contributed by atoms with Crippen LogP contribution in [0.5, 0.6) is 0 Å². The van der Waals surface area contributed by atoms with Crippen molar-refractivity contribution in [2.75, 3.05) is 6.54 Å². The van der Waals surface area contributed by atoms with Crippen LogP contribution in [0.2, 0.25) is 5.02 Å². The molecule has 2 amide bonds. The van der Waals surface area contributed by atoms with Crippen molar-refractivity contribution >= 4 is 40.5 Å². The molecule has 5 rings (SSSR count). The SMILES string of the molecule is CC1(C)c2[nH]c3ccccc3c2CC2C(=O)N(N=Cc3ccccc3Cl)CC(=O)N21. The van der Waals surface area contributed by atoms with E-state index in [1.807, 2.05) is 50.2 Å². The largest absolute Gasteiger partial charge is 0.356 e. The van der Waals surface area contributed by atoms with E-state index in [2.05, 4.69) is 16.2 Å². The molecule has 1 aromatic heterocycles. The van der Waals surface area contributed by atoms with Crippen LogP contribution in [0.3, 0.4) is 0 Å². The lowest BCUT2D eigenvalue weighted by atomic mass is 9.82. The zero-order valence-electron chi connectivity index (χ0n) is 16.7. The van der Waals surface area contributed by atoms with E-state index in [-0.39, 0.29) is 18.4 Å². The summed E-state index contributed by atoms with van der Waals surface area (Å²) in [6.45, 7) is 3.89. The van der Waals surface area contributed by atoms with Crippen LogP contribution in [0, 0.1) is 0 Å². The van der Waals surface area contributed by atoms with Crippen LogP contribution in [-0.2, 0) is 21.5 Å². The van der Waals surface area contributed by atoms with Gasteiger partial charge in [0.1, 0.15) is 12.6 Å². The highest BCUT2D eigenvalue weighted by molar-refractivity contribution is 6.33. The van der Waals surface area contributed by atoms with Gasteiger partial charge in [-0.15, -0.1) is 0 Å². The fourth-order valence-electron chi connectivity index (χ4n) is 4.68. The first-order valence-corrected chi connectivity index (χ1v) is 10.3. The minimum Gasteiger partial charge on any atom is -0.356 e. The van der Waals surface area contributed by atoms with E-state index in [0.717, 1.165) is 22.2 Å². The maximum absolute atomic E-state index is 13.3. The number of para-hydroxylation sites is 1. The molecule has 0 radical (unpaired) electrons. The summed E-state index contributed by atoms with van der Waals surface area (Å²) in [5, 5.41) is 7.21. The summed E-state index contributed by atoms with van der Waals surface area (Å²) in [6, 6.07) is 14.7. The van der Waals surface area contributed by atoms with Crippen molar-refractivity contribution in [1.29, 1.82) is 0 Å². The van der Waals surface area contributed by atoms with Gasteiger partial charge in [0.05, 0.1) is 11.8 Å². The number of hydrogen-bond acceptors (Lipinski definition) is 3. The van der Waals surface area contributed by atoms with E-state index < -0.39 is 11.6 Å². The fourth-order valence-corrected chi connectivity index (χ4v) is 4.86. The molecule has 7 heteroatoms. The monoisotopic (exact) mass is 420 g/mol. The molecular weight excluding hydrogens is 400 g/mol. The summed E-state index contributed by atoms with van der Waals surface area (Å²) in [5.74, 6) is -0.299. The van der Waals surface area contributed by atoms with E-state index in [1.54, 1.807) is 11.0 Å². The Morgan fingerprint density at radius 3 is 2.67 bits per heavy atom. The van der Waals surface area contributed by atoms with Gasteiger partial charge in [-0.2, -0.15) is 5.10 Å². The first kappa shape index (κ1) is 18.9. The lowest BCUT2D eigenvalue weighted by Gasteiger charge is -2.50. The Kier molecular flexibility index (Phi) is 4.22. The van der Waals surface area contributed by atoms with Crippen LogP contribution in [0.15, 0.2) is 53.6 Å². The molecule has 3 heterocycles. The second kappa shape index (κ2) is 6.71. The number of amides is 2. The number of H-pyrrole nitrogens is 1. The molecular formula is C23H21ClN4O2. The lowest BCUT2D eigenvalue weighted by Crippen LogP contribution is -2.66. The lowest BCUT2D eigenvalue weighted by molar-refractivity contribution is -0.163. The Bertz CT molecular complexity index is 1210. The van der Waals surface area contributed by atoms with Crippen LogP contribution in [0.25, 0.3) is 10.9 Å². The summed E-state index contributed by atoms with van der Waals surface area (Å²) in [5.41, 5.74) is 3.18. The van der Waals surface area contributed by atoms with Gasteiger partial charge in [-0.3, -0.25) is 9.59 Å². The Labute approximate surface area is 179 Å². The molecule has 0 spiro atoms. The third-order valence-electron chi connectivity index (χ3n) is 6.07. The van der Waals surface area contributed by atoms with Gasteiger partial charge in [0.15, 0.2) is 0 Å². The minimum absolute atomic E-state index is 0.0880. The maximum Gasteiger partial charge on any atom is 0.266 e. The maximum atomic E-state index is 13.3. The van der Waals surface area contributed by atoms with Gasteiger partial charge in [0, 0.05) is 33.6 Å². The Morgan fingerprint density at radius 1 is 1.13 bits per heavy atom. The Balaban J connectivity index is 1.53. The number of hydrogen-bond donors (Lipinski definition) is 1. The number of carbonyl (C=O) groups excluding carboxylic acids is 2. The quantitative estimate of drug-likeness (QED) is 0.642. The molecule has 2 aliphatic rings. The van der Waals surface area contributed by atoms with Crippen molar-refractivity contribution in [2.45, 2.75) is 31.8 Å². The smallest absolute Gasteiger partial charge is 0.266 e. The third-order valence-corrected chi connectivity index (χ3v) is 6.42. The molecule has 1 fully saturated rings. The fraction of sp³-hybridized carbons (Fsp3) is 0.261. The molecule has 0 bridgehead atoms. The van der Waals surface area contributed by atoms with E-state index in [1.165, 1.54) is 11.2 Å². The van der Waals surface area contributed by atoms with Crippen molar-refractivity contribution in [3.63, 3.8) is 0 Å². The van der Waals surface area contributed by atoms with Crippen LogP contribution in [0.4, 0.5) is 0 Å². The number of fused-ring (bicyclic) bond motifs is 4.